The van der Waals surface area contributed by atoms with Crippen LogP contribution in [0.1, 0.15) is 15.9 Å². The summed E-state index contributed by atoms with van der Waals surface area (Å²) >= 11 is 6.95. The lowest BCUT2D eigenvalue weighted by Crippen LogP contribution is -2.20. The zero-order valence-corrected chi connectivity index (χ0v) is 20.8. The smallest absolute Gasteiger partial charge is 0.317 e. The Hall–Kier alpha value is -4.35. The van der Waals surface area contributed by atoms with Crippen molar-refractivity contribution in [3.05, 3.63) is 101 Å². The standard InChI is InChI=1S/C26H17ClF3N5O2S/c27-21-7-4-18(14-20(21)26(28,29)30)33-24(37)32-17-2-5-19(6-3-17)35-11-9-15-13-16(1-8-22(15)35)23(36)34-25-31-10-12-38-25/h1-14H,(H,31,34,36)(H2,32,33,37). The number of fused-ring (bicyclic) bond motifs is 1. The second kappa shape index (κ2) is 10.2. The molecular formula is C26H17ClF3N5O2S. The van der Waals surface area contributed by atoms with Crippen LogP contribution in [0.3, 0.4) is 0 Å². The molecule has 0 spiro atoms. The van der Waals surface area contributed by atoms with Gasteiger partial charge in [0.15, 0.2) is 5.13 Å². The first kappa shape index (κ1) is 25.3. The highest BCUT2D eigenvalue weighted by molar-refractivity contribution is 7.13. The van der Waals surface area contributed by atoms with E-state index in [-0.39, 0.29) is 11.6 Å². The van der Waals surface area contributed by atoms with Crippen molar-refractivity contribution in [3.8, 4) is 5.69 Å². The van der Waals surface area contributed by atoms with Gasteiger partial charge in [-0.15, -0.1) is 11.3 Å². The van der Waals surface area contributed by atoms with Crippen molar-refractivity contribution in [2.24, 2.45) is 0 Å². The monoisotopic (exact) mass is 555 g/mol. The first-order valence-electron chi connectivity index (χ1n) is 11.0. The van der Waals surface area contributed by atoms with Gasteiger partial charge in [0.25, 0.3) is 5.91 Å². The molecule has 0 unspecified atom stereocenters. The number of carbonyl (C=O) groups excluding carboxylic acids is 2. The summed E-state index contributed by atoms with van der Waals surface area (Å²) in [6.45, 7) is 0. The SMILES string of the molecule is O=C(Nc1ccc(-n2ccc3cc(C(=O)Nc4nccs4)ccc32)cc1)Nc1ccc(Cl)c(C(F)(F)F)c1. The van der Waals surface area contributed by atoms with Crippen LogP contribution < -0.4 is 16.0 Å². The van der Waals surface area contributed by atoms with Gasteiger partial charge in [-0.25, -0.2) is 9.78 Å². The number of thiazole rings is 1. The van der Waals surface area contributed by atoms with E-state index in [0.717, 1.165) is 28.7 Å². The molecule has 3 N–H and O–H groups in total. The van der Waals surface area contributed by atoms with E-state index in [1.54, 1.807) is 48.0 Å². The molecule has 2 heterocycles. The molecule has 38 heavy (non-hydrogen) atoms. The number of hydrogen-bond donors (Lipinski definition) is 3. The normalized spacial score (nSPS) is 11.4. The van der Waals surface area contributed by atoms with Gasteiger partial charge in [0.1, 0.15) is 0 Å². The second-order valence-corrected chi connectivity index (χ2v) is 9.37. The van der Waals surface area contributed by atoms with Crippen LogP contribution in [0.25, 0.3) is 16.6 Å². The first-order chi connectivity index (χ1) is 18.2. The number of benzene rings is 3. The molecule has 0 atom stereocenters. The van der Waals surface area contributed by atoms with Gasteiger partial charge in [0, 0.05) is 45.8 Å². The third-order valence-corrected chi connectivity index (χ3v) is 6.56. The van der Waals surface area contributed by atoms with Crippen molar-refractivity contribution in [1.82, 2.24) is 9.55 Å². The summed E-state index contributed by atoms with van der Waals surface area (Å²) in [7, 11) is 0. The molecule has 12 heteroatoms. The van der Waals surface area contributed by atoms with Gasteiger partial charge in [-0.05, 0) is 66.7 Å². The van der Waals surface area contributed by atoms with E-state index in [1.807, 2.05) is 22.9 Å². The molecule has 7 nitrogen and oxygen atoms in total. The van der Waals surface area contributed by atoms with Gasteiger partial charge in [-0.1, -0.05) is 11.6 Å². The summed E-state index contributed by atoms with van der Waals surface area (Å²) in [5.41, 5.74) is 1.53. The Kier molecular flexibility index (Phi) is 6.79. The average Bonchev–Trinajstić information content (AvgIpc) is 3.54. The van der Waals surface area contributed by atoms with Crippen molar-refractivity contribution in [2.45, 2.75) is 6.18 Å². The molecule has 0 fully saturated rings. The van der Waals surface area contributed by atoms with Crippen molar-refractivity contribution >= 4 is 62.3 Å². The number of amides is 3. The number of urea groups is 1. The highest BCUT2D eigenvalue weighted by atomic mass is 35.5. The fourth-order valence-corrected chi connectivity index (χ4v) is 4.53. The van der Waals surface area contributed by atoms with Crippen LogP contribution in [-0.2, 0) is 6.18 Å². The fraction of sp³-hybridized carbons (Fsp3) is 0.0385. The molecule has 0 aliphatic rings. The van der Waals surface area contributed by atoms with Gasteiger partial charge in [-0.2, -0.15) is 13.2 Å². The number of nitrogens with zero attached hydrogens (tertiary/aromatic N) is 2. The summed E-state index contributed by atoms with van der Waals surface area (Å²) < 4.78 is 41.1. The minimum atomic E-state index is -4.64. The van der Waals surface area contributed by atoms with Crippen molar-refractivity contribution in [3.63, 3.8) is 0 Å². The molecule has 192 valence electrons. The zero-order valence-electron chi connectivity index (χ0n) is 19.2. The topological polar surface area (TPSA) is 88.1 Å². The van der Waals surface area contributed by atoms with Crippen molar-refractivity contribution in [1.29, 1.82) is 0 Å². The van der Waals surface area contributed by atoms with Crippen LogP contribution in [0.5, 0.6) is 0 Å². The van der Waals surface area contributed by atoms with Gasteiger partial charge >= 0.3 is 12.2 Å². The first-order valence-corrected chi connectivity index (χ1v) is 12.3. The molecule has 0 aliphatic carbocycles. The largest absolute Gasteiger partial charge is 0.417 e. The van der Waals surface area contributed by atoms with Gasteiger partial charge in [0.2, 0.25) is 0 Å². The number of carbonyl (C=O) groups is 2. The van der Waals surface area contributed by atoms with E-state index >= 15 is 0 Å². The minimum absolute atomic E-state index is 0.0469. The van der Waals surface area contributed by atoms with Crippen LogP contribution in [0.15, 0.2) is 84.5 Å². The van der Waals surface area contributed by atoms with Crippen molar-refractivity contribution < 1.29 is 22.8 Å². The summed E-state index contributed by atoms with van der Waals surface area (Å²) in [4.78, 5) is 28.9. The molecule has 0 saturated carbocycles. The summed E-state index contributed by atoms with van der Waals surface area (Å²) in [6.07, 6.45) is -1.16. The number of hydrogen-bond acceptors (Lipinski definition) is 4. The highest BCUT2D eigenvalue weighted by Crippen LogP contribution is 2.36. The molecular weight excluding hydrogens is 539 g/mol. The van der Waals surface area contributed by atoms with Crippen LogP contribution in [-0.4, -0.2) is 21.5 Å². The molecule has 5 aromatic rings. The Morgan fingerprint density at radius 3 is 2.34 bits per heavy atom. The van der Waals surface area contributed by atoms with Crippen molar-refractivity contribution in [2.75, 3.05) is 16.0 Å². The number of anilines is 3. The molecule has 0 saturated heterocycles. The van der Waals surface area contributed by atoms with Crippen LogP contribution in [0.2, 0.25) is 5.02 Å². The van der Waals surface area contributed by atoms with E-state index in [4.69, 9.17) is 11.6 Å². The molecule has 5 rings (SSSR count). The second-order valence-electron chi connectivity index (χ2n) is 8.07. The van der Waals surface area contributed by atoms with E-state index in [9.17, 15) is 22.8 Å². The van der Waals surface area contributed by atoms with E-state index < -0.39 is 22.8 Å². The highest BCUT2D eigenvalue weighted by Gasteiger charge is 2.33. The van der Waals surface area contributed by atoms with Crippen LogP contribution >= 0.6 is 22.9 Å². The predicted octanol–water partition coefficient (Wildman–Crippen LogP) is 7.66. The van der Waals surface area contributed by atoms with Gasteiger partial charge < -0.3 is 15.2 Å². The lowest BCUT2D eigenvalue weighted by atomic mass is 10.1. The lowest BCUT2D eigenvalue weighted by molar-refractivity contribution is -0.137. The Morgan fingerprint density at radius 1 is 0.895 bits per heavy atom. The number of aromatic nitrogens is 2. The Balaban J connectivity index is 1.27. The number of halogens is 4. The van der Waals surface area contributed by atoms with Crippen LogP contribution in [0, 0.1) is 0 Å². The maximum atomic E-state index is 13.1. The summed E-state index contributed by atoms with van der Waals surface area (Å²) in [5, 5.41) is 10.4. The van der Waals surface area contributed by atoms with Crippen LogP contribution in [0.4, 0.5) is 34.5 Å². The van der Waals surface area contributed by atoms with Gasteiger partial charge in [-0.3, -0.25) is 10.1 Å². The zero-order chi connectivity index (χ0) is 26.9. The van der Waals surface area contributed by atoms with E-state index in [0.29, 0.717) is 16.4 Å². The Morgan fingerprint density at radius 2 is 1.63 bits per heavy atom. The third-order valence-electron chi connectivity index (χ3n) is 5.54. The molecule has 3 aromatic carbocycles. The summed E-state index contributed by atoms with van der Waals surface area (Å²) in [6, 6.07) is 16.6. The summed E-state index contributed by atoms with van der Waals surface area (Å²) in [5.74, 6) is -0.253. The Labute approximate surface area is 222 Å². The fourth-order valence-electron chi connectivity index (χ4n) is 3.78. The molecule has 2 aromatic heterocycles. The number of alkyl halides is 3. The molecule has 0 aliphatic heterocycles. The quantitative estimate of drug-likeness (QED) is 0.208. The molecule has 3 amide bonds. The number of rotatable bonds is 5. The maximum Gasteiger partial charge on any atom is 0.417 e. The average molecular weight is 556 g/mol. The van der Waals surface area contributed by atoms with E-state index in [1.165, 1.54) is 17.4 Å². The predicted molar refractivity (Wildman–Crippen MR) is 142 cm³/mol. The van der Waals surface area contributed by atoms with E-state index in [2.05, 4.69) is 20.9 Å². The third kappa shape index (κ3) is 5.48. The maximum absolute atomic E-state index is 13.1. The number of nitrogens with one attached hydrogen (secondary N) is 3. The lowest BCUT2D eigenvalue weighted by Gasteiger charge is -2.13. The molecule has 0 radical (unpaired) electrons. The molecule has 0 bridgehead atoms. The van der Waals surface area contributed by atoms with Gasteiger partial charge in [0.05, 0.1) is 16.1 Å². The Bertz CT molecular complexity index is 1630. The minimum Gasteiger partial charge on any atom is -0.317 e.